The van der Waals surface area contributed by atoms with Crippen LogP contribution >= 0.6 is 0 Å². The first-order chi connectivity index (χ1) is 13.7. The number of nitrogens with zero attached hydrogens (tertiary/aromatic N) is 2. The second-order valence-electron chi connectivity index (χ2n) is 9.27. The van der Waals surface area contributed by atoms with E-state index in [1.165, 1.54) is 57.2 Å². The largest absolute Gasteiger partial charge is 0.480 e. The normalized spacial score (nSPS) is 29.0. The van der Waals surface area contributed by atoms with Crippen molar-refractivity contribution < 1.29 is 9.90 Å². The summed E-state index contributed by atoms with van der Waals surface area (Å²) >= 11 is 0. The first kappa shape index (κ1) is 19.9. The standard InChI is InChI=1S/C24H36N2O2/c27-24(28)23(20-12-6-2-7-13-20)26-17-21(16-25-14-8-3-9-15-25)22(18-26)19-10-4-1-5-11-19/h1,4-5,10-11,20-23H,2-3,6-9,12-18H2,(H,27,28)/t21-,22+,23+/m0/s1. The van der Waals surface area contributed by atoms with Gasteiger partial charge in [0, 0.05) is 25.6 Å². The molecule has 1 saturated carbocycles. The third kappa shape index (κ3) is 4.60. The number of hydrogen-bond acceptors (Lipinski definition) is 3. The molecule has 4 heteroatoms. The summed E-state index contributed by atoms with van der Waals surface area (Å²) in [6.07, 6.45) is 9.81. The maximum atomic E-state index is 12.3. The Hall–Kier alpha value is -1.39. The molecule has 1 aromatic carbocycles. The van der Waals surface area contributed by atoms with E-state index < -0.39 is 5.97 Å². The molecular formula is C24H36N2O2. The van der Waals surface area contributed by atoms with Gasteiger partial charge in [-0.1, -0.05) is 56.0 Å². The van der Waals surface area contributed by atoms with E-state index in [4.69, 9.17) is 0 Å². The molecule has 1 aromatic rings. The molecule has 0 bridgehead atoms. The molecule has 3 fully saturated rings. The van der Waals surface area contributed by atoms with Crippen molar-refractivity contribution in [2.45, 2.75) is 63.3 Å². The van der Waals surface area contributed by atoms with Crippen LogP contribution in [0.15, 0.2) is 30.3 Å². The topological polar surface area (TPSA) is 43.8 Å². The van der Waals surface area contributed by atoms with E-state index in [2.05, 4.69) is 40.1 Å². The van der Waals surface area contributed by atoms with Crippen molar-refractivity contribution >= 4 is 5.97 Å². The minimum Gasteiger partial charge on any atom is -0.480 e. The Morgan fingerprint density at radius 1 is 0.964 bits per heavy atom. The van der Waals surface area contributed by atoms with Crippen molar-refractivity contribution in [1.82, 2.24) is 9.80 Å². The van der Waals surface area contributed by atoms with Crippen LogP contribution in [0.2, 0.25) is 0 Å². The van der Waals surface area contributed by atoms with Gasteiger partial charge in [-0.15, -0.1) is 0 Å². The predicted octanol–water partition coefficient (Wildman–Crippen LogP) is 4.22. The van der Waals surface area contributed by atoms with Gasteiger partial charge >= 0.3 is 5.97 Å². The Labute approximate surface area is 169 Å². The van der Waals surface area contributed by atoms with Crippen LogP contribution in [0.3, 0.4) is 0 Å². The summed E-state index contributed by atoms with van der Waals surface area (Å²) in [7, 11) is 0. The molecule has 154 valence electrons. The van der Waals surface area contributed by atoms with E-state index >= 15 is 0 Å². The van der Waals surface area contributed by atoms with Gasteiger partial charge in [0.1, 0.15) is 6.04 Å². The summed E-state index contributed by atoms with van der Waals surface area (Å²) in [6.45, 7) is 5.37. The molecule has 2 heterocycles. The highest BCUT2D eigenvalue weighted by Gasteiger charge is 2.43. The van der Waals surface area contributed by atoms with Crippen LogP contribution in [0, 0.1) is 11.8 Å². The van der Waals surface area contributed by atoms with Crippen molar-refractivity contribution in [3.63, 3.8) is 0 Å². The average molecular weight is 385 g/mol. The number of carboxylic acids is 1. The molecule has 0 radical (unpaired) electrons. The van der Waals surface area contributed by atoms with Crippen molar-refractivity contribution in [3.05, 3.63) is 35.9 Å². The van der Waals surface area contributed by atoms with Crippen LogP contribution in [0.25, 0.3) is 0 Å². The third-order valence-corrected chi connectivity index (χ3v) is 7.38. The second-order valence-corrected chi connectivity index (χ2v) is 9.27. The average Bonchev–Trinajstić information content (AvgIpc) is 3.13. The summed E-state index contributed by atoms with van der Waals surface area (Å²) in [5, 5.41) is 10.1. The monoisotopic (exact) mass is 384 g/mol. The molecule has 4 rings (SSSR count). The van der Waals surface area contributed by atoms with Crippen molar-refractivity contribution in [2.75, 3.05) is 32.7 Å². The highest BCUT2D eigenvalue weighted by molar-refractivity contribution is 5.74. The molecule has 28 heavy (non-hydrogen) atoms. The molecular weight excluding hydrogens is 348 g/mol. The van der Waals surface area contributed by atoms with E-state index in [9.17, 15) is 9.90 Å². The van der Waals surface area contributed by atoms with Crippen LogP contribution in [0.4, 0.5) is 0 Å². The Balaban J connectivity index is 1.52. The lowest BCUT2D eigenvalue weighted by Gasteiger charge is -2.34. The maximum Gasteiger partial charge on any atom is 0.321 e. The Kier molecular flexibility index (Phi) is 6.69. The predicted molar refractivity (Wildman–Crippen MR) is 113 cm³/mol. The number of benzene rings is 1. The van der Waals surface area contributed by atoms with Crippen LogP contribution < -0.4 is 0 Å². The SMILES string of the molecule is O=C(O)[C@@H](C1CCCCC1)N1C[C@H](CN2CCCCC2)[C@@H](c2ccccc2)C1. The van der Waals surface area contributed by atoms with Crippen LogP contribution in [0.1, 0.15) is 62.8 Å². The number of likely N-dealkylation sites (tertiary alicyclic amines) is 2. The summed E-state index contributed by atoms with van der Waals surface area (Å²) in [5.74, 6) is 0.716. The first-order valence-electron chi connectivity index (χ1n) is 11.5. The molecule has 2 aliphatic heterocycles. The van der Waals surface area contributed by atoms with E-state index in [-0.39, 0.29) is 6.04 Å². The minimum absolute atomic E-state index is 0.294. The number of rotatable bonds is 6. The lowest BCUT2D eigenvalue weighted by Crippen LogP contribution is -2.46. The fourth-order valence-electron chi connectivity index (χ4n) is 5.97. The smallest absolute Gasteiger partial charge is 0.321 e. The maximum absolute atomic E-state index is 12.3. The van der Waals surface area contributed by atoms with Gasteiger partial charge in [0.25, 0.3) is 0 Å². The van der Waals surface area contributed by atoms with Gasteiger partial charge in [-0.3, -0.25) is 9.69 Å². The van der Waals surface area contributed by atoms with Crippen molar-refractivity contribution in [3.8, 4) is 0 Å². The molecule has 3 atom stereocenters. The van der Waals surface area contributed by atoms with E-state index in [0.717, 1.165) is 32.5 Å². The number of carbonyl (C=O) groups is 1. The Morgan fingerprint density at radius 3 is 2.32 bits per heavy atom. The zero-order chi connectivity index (χ0) is 19.3. The van der Waals surface area contributed by atoms with Gasteiger partial charge in [-0.25, -0.2) is 0 Å². The third-order valence-electron chi connectivity index (χ3n) is 7.38. The summed E-state index contributed by atoms with van der Waals surface area (Å²) in [6, 6.07) is 10.5. The van der Waals surface area contributed by atoms with Crippen LogP contribution in [-0.4, -0.2) is 59.6 Å². The second kappa shape index (κ2) is 9.41. The fraction of sp³-hybridized carbons (Fsp3) is 0.708. The van der Waals surface area contributed by atoms with Gasteiger partial charge in [-0.05, 0) is 56.2 Å². The van der Waals surface area contributed by atoms with Gasteiger partial charge in [0.15, 0.2) is 0 Å². The molecule has 3 aliphatic rings. The Bertz CT molecular complexity index is 623. The van der Waals surface area contributed by atoms with Crippen molar-refractivity contribution in [2.24, 2.45) is 11.8 Å². The van der Waals surface area contributed by atoms with Gasteiger partial charge in [0.2, 0.25) is 0 Å². The summed E-state index contributed by atoms with van der Waals surface area (Å²) < 4.78 is 0. The molecule has 1 N–H and O–H groups in total. The molecule has 0 unspecified atom stereocenters. The highest BCUT2D eigenvalue weighted by Crippen LogP contribution is 2.38. The molecule has 0 aromatic heterocycles. The molecule has 1 aliphatic carbocycles. The lowest BCUT2D eigenvalue weighted by atomic mass is 9.83. The van der Waals surface area contributed by atoms with E-state index in [1.807, 2.05) is 0 Å². The van der Waals surface area contributed by atoms with E-state index in [1.54, 1.807) is 0 Å². The lowest BCUT2D eigenvalue weighted by molar-refractivity contribution is -0.145. The van der Waals surface area contributed by atoms with E-state index in [0.29, 0.717) is 17.8 Å². The van der Waals surface area contributed by atoms with Gasteiger partial charge in [0.05, 0.1) is 0 Å². The summed E-state index contributed by atoms with van der Waals surface area (Å²) in [5.41, 5.74) is 1.39. The number of piperidine rings is 1. The number of carboxylic acid groups (broad SMARTS) is 1. The highest BCUT2D eigenvalue weighted by atomic mass is 16.4. The molecule has 4 nitrogen and oxygen atoms in total. The number of aliphatic carboxylic acids is 1. The zero-order valence-corrected chi connectivity index (χ0v) is 17.1. The van der Waals surface area contributed by atoms with Gasteiger partial charge in [-0.2, -0.15) is 0 Å². The first-order valence-corrected chi connectivity index (χ1v) is 11.5. The zero-order valence-electron chi connectivity index (χ0n) is 17.1. The van der Waals surface area contributed by atoms with Crippen molar-refractivity contribution in [1.29, 1.82) is 0 Å². The molecule has 0 spiro atoms. The van der Waals surface area contributed by atoms with Gasteiger partial charge < -0.3 is 10.0 Å². The fourth-order valence-corrected chi connectivity index (χ4v) is 5.97. The number of hydrogen-bond donors (Lipinski definition) is 1. The summed E-state index contributed by atoms with van der Waals surface area (Å²) in [4.78, 5) is 17.2. The minimum atomic E-state index is -0.600. The van der Waals surface area contributed by atoms with Crippen LogP contribution in [0.5, 0.6) is 0 Å². The van der Waals surface area contributed by atoms with Crippen LogP contribution in [-0.2, 0) is 4.79 Å². The molecule has 0 amide bonds. The molecule has 2 saturated heterocycles. The quantitative estimate of drug-likeness (QED) is 0.797. The Morgan fingerprint density at radius 2 is 1.64 bits per heavy atom.